The molecule has 1 saturated carbocycles. The number of nitrogens with one attached hydrogen (secondary N) is 2. The smallest absolute Gasteiger partial charge is 0.275 e. The highest BCUT2D eigenvalue weighted by Gasteiger charge is 2.34. The van der Waals surface area contributed by atoms with Crippen molar-refractivity contribution in [3.63, 3.8) is 0 Å². The molecule has 2 aromatic rings. The van der Waals surface area contributed by atoms with Gasteiger partial charge in [0.05, 0.1) is 12.1 Å². The maximum absolute atomic E-state index is 13.1. The third-order valence-electron chi connectivity index (χ3n) is 4.63. The van der Waals surface area contributed by atoms with E-state index in [-0.39, 0.29) is 17.8 Å². The van der Waals surface area contributed by atoms with Crippen molar-refractivity contribution in [1.82, 2.24) is 5.32 Å². The molecular weight excluding hydrogens is 383 g/mol. The van der Waals surface area contributed by atoms with E-state index in [4.69, 9.17) is 0 Å². The van der Waals surface area contributed by atoms with Gasteiger partial charge in [-0.3, -0.25) is 4.79 Å². The first kappa shape index (κ1) is 18.1. The first-order chi connectivity index (χ1) is 12.0. The number of carbonyl (C=O) groups is 1. The maximum Gasteiger partial charge on any atom is 0.275 e. The Morgan fingerprint density at radius 2 is 1.84 bits per heavy atom. The Bertz CT molecular complexity index is 713. The average molecular weight is 406 g/mol. The Morgan fingerprint density at radius 1 is 1.20 bits per heavy atom. The molecule has 1 unspecified atom stereocenters. The molecule has 0 heterocycles. The lowest BCUT2D eigenvalue weighted by Crippen LogP contribution is -3.13. The second-order valence-electron chi connectivity index (χ2n) is 6.75. The minimum absolute atomic E-state index is 0.0214. The molecule has 2 N–H and O–H groups in total. The number of benzene rings is 2. The van der Waals surface area contributed by atoms with Gasteiger partial charge in [-0.15, -0.1) is 0 Å². The lowest BCUT2D eigenvalue weighted by Gasteiger charge is -2.21. The van der Waals surface area contributed by atoms with Gasteiger partial charge < -0.3 is 10.2 Å². The fourth-order valence-corrected chi connectivity index (χ4v) is 3.31. The minimum atomic E-state index is -0.224. The number of hydrogen-bond donors (Lipinski definition) is 2. The van der Waals surface area contributed by atoms with Crippen molar-refractivity contribution in [3.05, 3.63) is 69.9 Å². The van der Waals surface area contributed by atoms with Crippen molar-refractivity contribution in [1.29, 1.82) is 0 Å². The van der Waals surface area contributed by atoms with Crippen molar-refractivity contribution >= 4 is 21.8 Å². The molecule has 25 heavy (non-hydrogen) atoms. The van der Waals surface area contributed by atoms with Gasteiger partial charge in [0, 0.05) is 22.9 Å². The fraction of sp³-hybridized carbons (Fsp3) is 0.350. The second-order valence-corrected chi connectivity index (χ2v) is 7.67. The zero-order chi connectivity index (χ0) is 17.8. The van der Waals surface area contributed by atoms with E-state index < -0.39 is 0 Å². The van der Waals surface area contributed by atoms with Gasteiger partial charge in [-0.25, -0.2) is 4.39 Å². The van der Waals surface area contributed by atoms with Gasteiger partial charge in [-0.2, -0.15) is 0 Å². The Labute approximate surface area is 156 Å². The van der Waals surface area contributed by atoms with Crippen LogP contribution in [0, 0.1) is 5.82 Å². The molecule has 1 amide bonds. The molecule has 1 fully saturated rings. The van der Waals surface area contributed by atoms with Crippen LogP contribution in [0.25, 0.3) is 0 Å². The van der Waals surface area contributed by atoms with Crippen LogP contribution in [0.5, 0.6) is 0 Å². The summed E-state index contributed by atoms with van der Waals surface area (Å²) in [6.07, 6.45) is 2.32. The molecule has 3 nitrogen and oxygen atoms in total. The molecule has 2 atom stereocenters. The van der Waals surface area contributed by atoms with E-state index in [2.05, 4.69) is 21.2 Å². The summed E-state index contributed by atoms with van der Waals surface area (Å²) in [5, 5.41) is 3.09. The maximum atomic E-state index is 13.1. The van der Waals surface area contributed by atoms with Crippen LogP contribution in [0.15, 0.2) is 53.0 Å². The van der Waals surface area contributed by atoms with Crippen LogP contribution >= 0.6 is 15.9 Å². The van der Waals surface area contributed by atoms with Crippen LogP contribution in [0.1, 0.15) is 36.9 Å². The predicted molar refractivity (Wildman–Crippen MR) is 99.7 cm³/mol. The highest BCUT2D eigenvalue weighted by molar-refractivity contribution is 9.10. The predicted octanol–water partition coefficient (Wildman–Crippen LogP) is 3.01. The van der Waals surface area contributed by atoms with Crippen LogP contribution in [0.2, 0.25) is 0 Å². The minimum Gasteiger partial charge on any atom is -0.345 e. The van der Waals surface area contributed by atoms with E-state index in [1.54, 1.807) is 12.1 Å². The molecule has 0 aromatic heterocycles. The van der Waals surface area contributed by atoms with Crippen molar-refractivity contribution in [2.75, 3.05) is 6.54 Å². The Hall–Kier alpha value is -1.72. The molecule has 3 rings (SSSR count). The molecule has 1 aliphatic rings. The van der Waals surface area contributed by atoms with E-state index in [9.17, 15) is 9.18 Å². The molecule has 0 saturated heterocycles. The largest absolute Gasteiger partial charge is 0.345 e. The summed E-state index contributed by atoms with van der Waals surface area (Å²) < 4.78 is 14.1. The summed E-state index contributed by atoms with van der Waals surface area (Å²) in [6.45, 7) is 3.20. The molecule has 1 aliphatic carbocycles. The third kappa shape index (κ3) is 5.38. The number of hydrogen-bond acceptors (Lipinski definition) is 1. The van der Waals surface area contributed by atoms with E-state index in [1.165, 1.54) is 17.0 Å². The summed E-state index contributed by atoms with van der Waals surface area (Å²) in [4.78, 5) is 13.7. The zero-order valence-corrected chi connectivity index (χ0v) is 15.9. The zero-order valence-electron chi connectivity index (χ0n) is 14.3. The molecule has 2 aromatic carbocycles. The monoisotopic (exact) mass is 405 g/mol. The average Bonchev–Trinajstić information content (AvgIpc) is 3.41. The van der Waals surface area contributed by atoms with Gasteiger partial charge >= 0.3 is 0 Å². The lowest BCUT2D eigenvalue weighted by atomic mass is 10.1. The van der Waals surface area contributed by atoms with Gasteiger partial charge in [0.25, 0.3) is 5.91 Å². The summed E-state index contributed by atoms with van der Waals surface area (Å²) in [5.74, 6) is -0.169. The highest BCUT2D eigenvalue weighted by atomic mass is 79.9. The van der Waals surface area contributed by atoms with Gasteiger partial charge in [0.15, 0.2) is 6.54 Å². The van der Waals surface area contributed by atoms with Crippen molar-refractivity contribution < 1.29 is 14.1 Å². The summed E-state index contributed by atoms with van der Waals surface area (Å²) >= 11 is 3.42. The van der Waals surface area contributed by atoms with Gasteiger partial charge in [-0.05, 0) is 36.8 Å². The van der Waals surface area contributed by atoms with E-state index in [0.717, 1.165) is 35.0 Å². The third-order valence-corrected chi connectivity index (χ3v) is 5.16. The van der Waals surface area contributed by atoms with Gasteiger partial charge in [0.2, 0.25) is 0 Å². The molecule has 5 heteroatoms. The topological polar surface area (TPSA) is 33.5 Å². The van der Waals surface area contributed by atoms with Crippen LogP contribution in [0.3, 0.4) is 0 Å². The molecule has 132 valence electrons. The number of amides is 1. The number of quaternary nitrogens is 1. The summed E-state index contributed by atoms with van der Waals surface area (Å²) in [6, 6.07) is 15.1. The first-order valence-corrected chi connectivity index (χ1v) is 9.44. The van der Waals surface area contributed by atoms with Crippen LogP contribution in [-0.2, 0) is 11.3 Å². The Morgan fingerprint density at radius 3 is 2.44 bits per heavy atom. The Kier molecular flexibility index (Phi) is 5.86. The van der Waals surface area contributed by atoms with Gasteiger partial charge in [-0.1, -0.05) is 40.2 Å². The Balaban J connectivity index is 1.57. The summed E-state index contributed by atoms with van der Waals surface area (Å²) in [5.41, 5.74) is 2.15. The van der Waals surface area contributed by atoms with Crippen molar-refractivity contribution in [3.8, 4) is 0 Å². The summed E-state index contributed by atoms with van der Waals surface area (Å²) in [7, 11) is 0. The second kappa shape index (κ2) is 8.11. The van der Waals surface area contributed by atoms with E-state index >= 15 is 0 Å². The molecule has 0 spiro atoms. The van der Waals surface area contributed by atoms with Crippen LogP contribution in [0.4, 0.5) is 4.39 Å². The van der Waals surface area contributed by atoms with Gasteiger partial charge in [0.1, 0.15) is 12.4 Å². The fourth-order valence-electron chi connectivity index (χ4n) is 3.04. The first-order valence-electron chi connectivity index (χ1n) is 8.65. The standard InChI is InChI=1S/C20H22BrFN2O/c1-14(16-4-6-17(21)7-5-16)23-20(25)13-24(19-10-11-19)12-15-2-8-18(22)9-3-15/h2-9,14,19H,10-13H2,1H3,(H,23,25)/p+1/t14-/m0/s1. The SMILES string of the molecule is C[C@H](NC(=O)C[NH+](Cc1ccc(F)cc1)C1CC1)c1ccc(Br)cc1. The lowest BCUT2D eigenvalue weighted by molar-refractivity contribution is -0.917. The quantitative estimate of drug-likeness (QED) is 0.729. The number of rotatable bonds is 7. The molecule has 0 aliphatic heterocycles. The number of halogens is 2. The van der Waals surface area contributed by atoms with E-state index in [0.29, 0.717) is 12.6 Å². The highest BCUT2D eigenvalue weighted by Crippen LogP contribution is 2.17. The molecule has 0 radical (unpaired) electrons. The van der Waals surface area contributed by atoms with Crippen LogP contribution in [-0.4, -0.2) is 18.5 Å². The normalized spacial score (nSPS) is 16.3. The molecule has 0 bridgehead atoms. The van der Waals surface area contributed by atoms with Crippen molar-refractivity contribution in [2.24, 2.45) is 0 Å². The van der Waals surface area contributed by atoms with Crippen molar-refractivity contribution in [2.45, 2.75) is 38.4 Å². The van der Waals surface area contributed by atoms with Crippen LogP contribution < -0.4 is 10.2 Å². The molecular formula is C20H23BrFN2O+. The van der Waals surface area contributed by atoms with E-state index in [1.807, 2.05) is 31.2 Å². The number of carbonyl (C=O) groups excluding carboxylic acids is 1.